The van der Waals surface area contributed by atoms with E-state index in [9.17, 15) is 14.9 Å². The van der Waals surface area contributed by atoms with Crippen molar-refractivity contribution in [2.45, 2.75) is 13.5 Å². The maximum Gasteiger partial charge on any atom is 0.288 e. The summed E-state index contributed by atoms with van der Waals surface area (Å²) in [6.07, 6.45) is 0. The minimum atomic E-state index is -0.487. The maximum atomic E-state index is 11.3. The summed E-state index contributed by atoms with van der Waals surface area (Å²) in [7, 11) is 0. The van der Waals surface area contributed by atoms with E-state index in [1.165, 1.54) is 16.7 Å². The molecule has 1 aromatic heterocycles. The quantitative estimate of drug-likeness (QED) is 0.470. The number of nitrogens with zero attached hydrogens (tertiary/aromatic N) is 2. The second-order valence-electron chi connectivity index (χ2n) is 2.74. The van der Waals surface area contributed by atoms with Gasteiger partial charge < -0.3 is 4.57 Å². The summed E-state index contributed by atoms with van der Waals surface area (Å²) < 4.78 is 1.38. The second-order valence-corrected chi connectivity index (χ2v) is 3.53. The van der Waals surface area contributed by atoms with Crippen molar-refractivity contribution in [3.8, 4) is 0 Å². The molecule has 0 N–H and O–H groups in total. The monoisotopic (exact) mass is 260 g/mol. The highest BCUT2D eigenvalue weighted by atomic mass is 79.9. The second kappa shape index (κ2) is 4.36. The average Bonchev–Trinajstić information content (AvgIpc) is 2.11. The van der Waals surface area contributed by atoms with E-state index in [4.69, 9.17) is 0 Å². The number of aromatic nitrogens is 1. The molecule has 0 spiro atoms. The first kappa shape index (κ1) is 10.9. The lowest BCUT2D eigenvalue weighted by atomic mass is 10.3. The Bertz CT molecular complexity index is 414. The van der Waals surface area contributed by atoms with Crippen LogP contribution in [-0.2, 0) is 6.54 Å². The van der Waals surface area contributed by atoms with Crippen molar-refractivity contribution in [3.63, 3.8) is 0 Å². The Morgan fingerprint density at radius 3 is 2.71 bits per heavy atom. The molecular formula is C8H9BrN2O3. The number of rotatable bonds is 3. The van der Waals surface area contributed by atoms with Crippen LogP contribution in [0.4, 0.5) is 5.69 Å². The third-order valence-corrected chi connectivity index (χ3v) is 2.28. The molecule has 5 nitrogen and oxygen atoms in total. The van der Waals surface area contributed by atoms with Gasteiger partial charge in [0, 0.05) is 24.0 Å². The first-order valence-electron chi connectivity index (χ1n) is 3.98. The van der Waals surface area contributed by atoms with Crippen LogP contribution >= 0.6 is 15.9 Å². The molecule has 0 saturated carbocycles. The van der Waals surface area contributed by atoms with Crippen LogP contribution in [0.15, 0.2) is 16.9 Å². The van der Waals surface area contributed by atoms with Gasteiger partial charge in [-0.25, -0.2) is 0 Å². The van der Waals surface area contributed by atoms with E-state index < -0.39 is 4.92 Å². The van der Waals surface area contributed by atoms with E-state index in [-0.39, 0.29) is 11.2 Å². The molecule has 1 rings (SSSR count). The molecule has 0 unspecified atom stereocenters. The minimum absolute atomic E-state index is 0.0226. The summed E-state index contributed by atoms with van der Waals surface area (Å²) in [5.74, 6) is 0. The van der Waals surface area contributed by atoms with Crippen molar-refractivity contribution in [2.24, 2.45) is 0 Å². The molecule has 0 atom stereocenters. The summed E-state index contributed by atoms with van der Waals surface area (Å²) in [6, 6.07) is 2.45. The summed E-state index contributed by atoms with van der Waals surface area (Å²) in [4.78, 5) is 21.4. The highest BCUT2D eigenvalue weighted by Crippen LogP contribution is 2.14. The number of nitro groups is 1. The van der Waals surface area contributed by atoms with Crippen LogP contribution in [0, 0.1) is 17.0 Å². The molecular weight excluding hydrogens is 252 g/mol. The molecule has 0 fully saturated rings. The van der Waals surface area contributed by atoms with Crippen LogP contribution in [0.25, 0.3) is 0 Å². The zero-order valence-electron chi connectivity index (χ0n) is 7.57. The third kappa shape index (κ3) is 2.01. The van der Waals surface area contributed by atoms with Crippen LogP contribution in [0.5, 0.6) is 0 Å². The van der Waals surface area contributed by atoms with E-state index in [0.717, 1.165) is 0 Å². The molecule has 6 heteroatoms. The molecule has 0 saturated heterocycles. The Morgan fingerprint density at radius 1 is 1.57 bits per heavy atom. The van der Waals surface area contributed by atoms with Crippen molar-refractivity contribution < 1.29 is 4.92 Å². The zero-order valence-corrected chi connectivity index (χ0v) is 9.15. The van der Waals surface area contributed by atoms with Gasteiger partial charge in [-0.15, -0.1) is 0 Å². The van der Waals surface area contributed by atoms with Gasteiger partial charge in [0.15, 0.2) is 0 Å². The van der Waals surface area contributed by atoms with Crippen LogP contribution in [-0.4, -0.2) is 14.8 Å². The van der Waals surface area contributed by atoms with Gasteiger partial charge in [0.25, 0.3) is 11.2 Å². The fourth-order valence-electron chi connectivity index (χ4n) is 1.22. The van der Waals surface area contributed by atoms with Crippen molar-refractivity contribution in [2.75, 3.05) is 5.33 Å². The minimum Gasteiger partial charge on any atom is -0.306 e. The average molecular weight is 261 g/mol. The topological polar surface area (TPSA) is 65.1 Å². The summed E-state index contributed by atoms with van der Waals surface area (Å²) in [5.41, 5.74) is 0.153. The smallest absolute Gasteiger partial charge is 0.288 e. The van der Waals surface area contributed by atoms with Gasteiger partial charge in [-0.3, -0.25) is 14.9 Å². The number of alkyl halides is 1. The molecule has 0 aliphatic carbocycles. The van der Waals surface area contributed by atoms with Crippen molar-refractivity contribution in [1.82, 2.24) is 4.57 Å². The number of halogens is 1. The van der Waals surface area contributed by atoms with Gasteiger partial charge in [0.2, 0.25) is 0 Å². The molecule has 0 aromatic carbocycles. The van der Waals surface area contributed by atoms with Crippen molar-refractivity contribution in [3.05, 3.63) is 38.3 Å². The SMILES string of the molecule is Cc1c([N+](=O)[O-])ccc(=O)n1CCBr. The molecule has 0 bridgehead atoms. The van der Waals surface area contributed by atoms with Gasteiger partial charge in [-0.1, -0.05) is 15.9 Å². The van der Waals surface area contributed by atoms with E-state index >= 15 is 0 Å². The molecule has 1 heterocycles. The predicted octanol–water partition coefficient (Wildman–Crippen LogP) is 1.46. The molecule has 0 radical (unpaired) electrons. The lowest BCUT2D eigenvalue weighted by Gasteiger charge is -2.06. The van der Waals surface area contributed by atoms with Gasteiger partial charge in [-0.05, 0) is 6.92 Å². The van der Waals surface area contributed by atoms with Gasteiger partial charge >= 0.3 is 0 Å². The Hall–Kier alpha value is -1.17. The fourth-order valence-corrected chi connectivity index (χ4v) is 1.57. The molecule has 0 aliphatic rings. The van der Waals surface area contributed by atoms with E-state index in [2.05, 4.69) is 15.9 Å². The Balaban J connectivity index is 3.33. The molecule has 1 aromatic rings. The Morgan fingerprint density at radius 2 is 2.21 bits per heavy atom. The van der Waals surface area contributed by atoms with Crippen LogP contribution in [0.1, 0.15) is 5.69 Å². The van der Waals surface area contributed by atoms with Crippen LogP contribution < -0.4 is 5.56 Å². The van der Waals surface area contributed by atoms with Gasteiger partial charge in [-0.2, -0.15) is 0 Å². The maximum absolute atomic E-state index is 11.3. The molecule has 0 aliphatic heterocycles. The largest absolute Gasteiger partial charge is 0.306 e. The van der Waals surface area contributed by atoms with Gasteiger partial charge in [0.1, 0.15) is 0 Å². The molecule has 0 amide bonds. The van der Waals surface area contributed by atoms with Crippen molar-refractivity contribution in [1.29, 1.82) is 0 Å². The number of hydrogen-bond acceptors (Lipinski definition) is 3. The lowest BCUT2D eigenvalue weighted by Crippen LogP contribution is -2.22. The standard InChI is InChI=1S/C8H9BrN2O3/c1-6-7(11(13)14)2-3-8(12)10(6)5-4-9/h2-3H,4-5H2,1H3. The fraction of sp³-hybridized carbons (Fsp3) is 0.375. The first-order valence-corrected chi connectivity index (χ1v) is 5.11. The Labute approximate surface area is 88.6 Å². The molecule has 76 valence electrons. The first-order chi connectivity index (χ1) is 6.57. The number of hydrogen-bond donors (Lipinski definition) is 0. The molecule has 14 heavy (non-hydrogen) atoms. The van der Waals surface area contributed by atoms with E-state index in [1.54, 1.807) is 6.92 Å². The normalized spacial score (nSPS) is 10.1. The Kier molecular flexibility index (Phi) is 3.40. The summed E-state index contributed by atoms with van der Waals surface area (Å²) in [5, 5.41) is 11.2. The summed E-state index contributed by atoms with van der Waals surface area (Å²) in [6.45, 7) is 2.01. The third-order valence-electron chi connectivity index (χ3n) is 1.93. The zero-order chi connectivity index (χ0) is 10.7. The summed E-state index contributed by atoms with van der Waals surface area (Å²) >= 11 is 3.19. The van der Waals surface area contributed by atoms with Crippen LogP contribution in [0.3, 0.4) is 0 Å². The van der Waals surface area contributed by atoms with Crippen LogP contribution in [0.2, 0.25) is 0 Å². The van der Waals surface area contributed by atoms with Gasteiger partial charge in [0.05, 0.1) is 10.6 Å². The lowest BCUT2D eigenvalue weighted by molar-refractivity contribution is -0.386. The van der Waals surface area contributed by atoms with E-state index in [0.29, 0.717) is 17.6 Å². The highest BCUT2D eigenvalue weighted by molar-refractivity contribution is 9.09. The van der Waals surface area contributed by atoms with Crippen molar-refractivity contribution >= 4 is 21.6 Å². The number of pyridine rings is 1. The van der Waals surface area contributed by atoms with E-state index in [1.807, 2.05) is 0 Å². The highest BCUT2D eigenvalue weighted by Gasteiger charge is 2.13. The predicted molar refractivity (Wildman–Crippen MR) is 55.9 cm³/mol.